The number of carboxylic acids is 1. The third kappa shape index (κ3) is 2.64. The molecule has 0 radical (unpaired) electrons. The molecule has 0 amide bonds. The van der Waals surface area contributed by atoms with E-state index in [-0.39, 0.29) is 12.2 Å². The van der Waals surface area contributed by atoms with Gasteiger partial charge in [-0.1, -0.05) is 23.8 Å². The van der Waals surface area contributed by atoms with Gasteiger partial charge >= 0.3 is 5.97 Å². The maximum Gasteiger partial charge on any atom is 0.320 e. The van der Waals surface area contributed by atoms with E-state index in [1.807, 2.05) is 0 Å². The molecular formula is C14H16N4O3. The van der Waals surface area contributed by atoms with Crippen molar-refractivity contribution < 1.29 is 9.90 Å². The normalized spacial score (nSPS) is 19.7. The van der Waals surface area contributed by atoms with E-state index in [2.05, 4.69) is 10.3 Å². The molecule has 1 saturated heterocycles. The Kier molecular flexibility index (Phi) is 3.66. The Hall–Kier alpha value is -2.28. The van der Waals surface area contributed by atoms with Crippen LogP contribution in [0.25, 0.3) is 10.9 Å². The van der Waals surface area contributed by atoms with Crippen molar-refractivity contribution in [1.82, 2.24) is 19.9 Å². The quantitative estimate of drug-likeness (QED) is 0.894. The van der Waals surface area contributed by atoms with E-state index < -0.39 is 12.0 Å². The molecule has 1 aromatic heterocycles. The number of hydrogen-bond acceptors (Lipinski definition) is 5. The highest BCUT2D eigenvalue weighted by atomic mass is 16.4. The Labute approximate surface area is 120 Å². The molecule has 2 heterocycles. The third-order valence-electron chi connectivity index (χ3n) is 3.84. The predicted octanol–water partition coefficient (Wildman–Crippen LogP) is 0.688. The topological polar surface area (TPSA) is 88.3 Å². The zero-order valence-electron chi connectivity index (χ0n) is 11.5. The average Bonchev–Trinajstić information content (AvgIpc) is 2.51. The van der Waals surface area contributed by atoms with Crippen molar-refractivity contribution in [3.05, 3.63) is 34.6 Å². The van der Waals surface area contributed by atoms with Crippen LogP contribution in [0.5, 0.6) is 0 Å². The van der Waals surface area contributed by atoms with Crippen LogP contribution < -0.4 is 5.56 Å². The van der Waals surface area contributed by atoms with Gasteiger partial charge in [-0.2, -0.15) is 4.68 Å². The first-order valence-electron chi connectivity index (χ1n) is 6.96. The summed E-state index contributed by atoms with van der Waals surface area (Å²) in [5.41, 5.74) is 0.308. The summed E-state index contributed by atoms with van der Waals surface area (Å²) in [7, 11) is 0. The van der Waals surface area contributed by atoms with Gasteiger partial charge in [-0.05, 0) is 25.0 Å². The van der Waals surface area contributed by atoms with Crippen molar-refractivity contribution >= 4 is 16.9 Å². The summed E-state index contributed by atoms with van der Waals surface area (Å²) < 4.78 is 1.24. The van der Waals surface area contributed by atoms with Crippen molar-refractivity contribution in [2.45, 2.75) is 32.0 Å². The Morgan fingerprint density at radius 2 is 2.14 bits per heavy atom. The van der Waals surface area contributed by atoms with Gasteiger partial charge in [0.2, 0.25) is 0 Å². The second-order valence-electron chi connectivity index (χ2n) is 5.21. The fourth-order valence-corrected chi connectivity index (χ4v) is 2.73. The van der Waals surface area contributed by atoms with Gasteiger partial charge in [0.1, 0.15) is 11.6 Å². The van der Waals surface area contributed by atoms with Gasteiger partial charge < -0.3 is 5.11 Å². The minimum Gasteiger partial charge on any atom is -0.480 e. The largest absolute Gasteiger partial charge is 0.480 e. The number of fused-ring (bicyclic) bond motifs is 1. The number of likely N-dealkylation sites (tertiary alicyclic amines) is 1. The van der Waals surface area contributed by atoms with Crippen LogP contribution in [0.15, 0.2) is 29.1 Å². The number of benzene rings is 1. The van der Waals surface area contributed by atoms with Crippen molar-refractivity contribution in [1.29, 1.82) is 0 Å². The number of nitrogens with zero attached hydrogens (tertiary/aromatic N) is 4. The average molecular weight is 288 g/mol. The fourth-order valence-electron chi connectivity index (χ4n) is 2.73. The summed E-state index contributed by atoms with van der Waals surface area (Å²) in [6, 6.07) is 6.45. The van der Waals surface area contributed by atoms with Crippen LogP contribution >= 0.6 is 0 Å². The van der Waals surface area contributed by atoms with Gasteiger partial charge in [-0.15, -0.1) is 5.10 Å². The minimum atomic E-state index is -0.850. The molecule has 0 saturated carbocycles. The smallest absolute Gasteiger partial charge is 0.320 e. The van der Waals surface area contributed by atoms with E-state index in [1.165, 1.54) is 4.68 Å². The Morgan fingerprint density at radius 3 is 2.95 bits per heavy atom. The van der Waals surface area contributed by atoms with Crippen LogP contribution in [0.2, 0.25) is 0 Å². The lowest BCUT2D eigenvalue weighted by atomic mass is 10.0. The van der Waals surface area contributed by atoms with Crippen molar-refractivity contribution in [3.8, 4) is 0 Å². The highest BCUT2D eigenvalue weighted by Gasteiger charge is 2.28. The number of piperidine rings is 1. The van der Waals surface area contributed by atoms with Crippen molar-refractivity contribution in [2.24, 2.45) is 0 Å². The molecule has 7 nitrogen and oxygen atoms in total. The van der Waals surface area contributed by atoms with E-state index in [1.54, 1.807) is 29.2 Å². The molecule has 1 unspecified atom stereocenters. The van der Waals surface area contributed by atoms with Crippen molar-refractivity contribution in [3.63, 3.8) is 0 Å². The number of carbonyl (C=O) groups is 1. The zero-order chi connectivity index (χ0) is 14.8. The summed E-state index contributed by atoms with van der Waals surface area (Å²) in [5, 5.41) is 17.7. The highest BCUT2D eigenvalue weighted by Crippen LogP contribution is 2.17. The van der Waals surface area contributed by atoms with Crippen LogP contribution in [0.4, 0.5) is 0 Å². The lowest BCUT2D eigenvalue weighted by Gasteiger charge is -2.32. The standard InChI is InChI=1S/C14H16N4O3/c19-13-10-5-1-2-6-11(10)15-16-18(13)9-17-8-4-3-7-12(17)14(20)21/h1-2,5-6,12H,3-4,7-9H2,(H,20,21). The maximum absolute atomic E-state index is 12.4. The van der Waals surface area contributed by atoms with Crippen LogP contribution in [-0.4, -0.2) is 43.6 Å². The van der Waals surface area contributed by atoms with Crippen LogP contribution in [0, 0.1) is 0 Å². The van der Waals surface area contributed by atoms with Crippen LogP contribution in [0.1, 0.15) is 19.3 Å². The lowest BCUT2D eigenvalue weighted by Crippen LogP contribution is -2.47. The SMILES string of the molecule is O=C(O)C1CCCCN1Cn1nnc2ccccc2c1=O. The lowest BCUT2D eigenvalue weighted by molar-refractivity contribution is -0.145. The van der Waals surface area contributed by atoms with Crippen LogP contribution in [0.3, 0.4) is 0 Å². The predicted molar refractivity (Wildman–Crippen MR) is 75.8 cm³/mol. The molecule has 2 aromatic rings. The second kappa shape index (κ2) is 5.61. The van der Waals surface area contributed by atoms with Gasteiger partial charge in [-0.25, -0.2) is 0 Å². The molecule has 1 aliphatic heterocycles. The maximum atomic E-state index is 12.4. The number of hydrogen-bond donors (Lipinski definition) is 1. The molecule has 3 rings (SSSR count). The van der Waals surface area contributed by atoms with Gasteiger partial charge in [0.05, 0.1) is 12.1 Å². The molecule has 110 valence electrons. The van der Waals surface area contributed by atoms with Gasteiger partial charge in [-0.3, -0.25) is 14.5 Å². The number of aromatic nitrogens is 3. The molecule has 1 fully saturated rings. The molecule has 0 spiro atoms. The first-order chi connectivity index (χ1) is 10.2. The molecule has 7 heteroatoms. The number of rotatable bonds is 3. The Balaban J connectivity index is 1.92. The molecule has 1 atom stereocenters. The first kappa shape index (κ1) is 13.7. The summed E-state index contributed by atoms with van der Waals surface area (Å²) >= 11 is 0. The van der Waals surface area contributed by atoms with Gasteiger partial charge in [0.15, 0.2) is 0 Å². The van der Waals surface area contributed by atoms with Gasteiger partial charge in [0, 0.05) is 6.54 Å². The zero-order valence-corrected chi connectivity index (χ0v) is 11.5. The fraction of sp³-hybridized carbons (Fsp3) is 0.429. The third-order valence-corrected chi connectivity index (χ3v) is 3.84. The monoisotopic (exact) mass is 288 g/mol. The molecule has 1 aromatic carbocycles. The van der Waals surface area contributed by atoms with E-state index in [4.69, 9.17) is 0 Å². The number of aliphatic carboxylic acids is 1. The molecule has 1 aliphatic rings. The minimum absolute atomic E-state index is 0.160. The molecule has 21 heavy (non-hydrogen) atoms. The Morgan fingerprint density at radius 1 is 1.33 bits per heavy atom. The highest BCUT2D eigenvalue weighted by molar-refractivity contribution is 5.76. The summed E-state index contributed by atoms with van der Waals surface area (Å²) in [6.07, 6.45) is 2.43. The summed E-state index contributed by atoms with van der Waals surface area (Å²) in [6.45, 7) is 0.811. The van der Waals surface area contributed by atoms with Crippen molar-refractivity contribution in [2.75, 3.05) is 6.54 Å². The van der Waals surface area contributed by atoms with E-state index >= 15 is 0 Å². The molecule has 0 aliphatic carbocycles. The van der Waals surface area contributed by atoms with Gasteiger partial charge in [0.25, 0.3) is 5.56 Å². The van der Waals surface area contributed by atoms with E-state index in [9.17, 15) is 14.7 Å². The van der Waals surface area contributed by atoms with E-state index in [0.29, 0.717) is 23.9 Å². The summed E-state index contributed by atoms with van der Waals surface area (Å²) in [5.74, 6) is -0.850. The molecule has 0 bridgehead atoms. The summed E-state index contributed by atoms with van der Waals surface area (Å²) in [4.78, 5) is 25.4. The van der Waals surface area contributed by atoms with Crippen LogP contribution in [-0.2, 0) is 11.5 Å². The van der Waals surface area contributed by atoms with E-state index in [0.717, 1.165) is 12.8 Å². The number of carboxylic acid groups (broad SMARTS) is 1. The molecular weight excluding hydrogens is 272 g/mol. The Bertz CT molecular complexity index is 727. The second-order valence-corrected chi connectivity index (χ2v) is 5.21. The molecule has 1 N–H and O–H groups in total. The first-order valence-corrected chi connectivity index (χ1v) is 6.96.